The Balaban J connectivity index is 1.20. The van der Waals surface area contributed by atoms with Gasteiger partial charge in [0.25, 0.3) is 0 Å². The molecule has 0 aromatic heterocycles. The van der Waals surface area contributed by atoms with Crippen molar-refractivity contribution in [3.8, 4) is 0 Å². The zero-order chi connectivity index (χ0) is 69.2. The molecular formula is C74H105N9O12. The van der Waals surface area contributed by atoms with Gasteiger partial charge in [-0.15, -0.1) is 0 Å². The van der Waals surface area contributed by atoms with Crippen molar-refractivity contribution in [2.24, 2.45) is 23.7 Å². The average molecular weight is 1310 g/mol. The van der Waals surface area contributed by atoms with E-state index in [1.165, 1.54) is 6.92 Å². The fourth-order valence-electron chi connectivity index (χ4n) is 11.7. The number of epoxide rings is 1. The number of aryl methyl sites for hydroxylation is 2. The zero-order valence-electron chi connectivity index (χ0n) is 57.4. The maximum absolute atomic E-state index is 14.9. The molecule has 2 saturated heterocycles. The first-order chi connectivity index (χ1) is 45.2. The standard InChI is InChI=1S/C74H105N9O12/c1-48(2)39-58(77-71(91)62(43-54-27-19-13-20-28-54)81-70(90)61(42-51(7)8)80-68(88)57(34-32-53-25-17-12-18-26-53)76-64(84)45-83-35-37-94-38-36-83)65(85)73(9,93)46-75-56(33-31-52-23-15-11-16-24-52)67(87)79-60(41-50(5)6)69(89)82-63(44-55-29-21-14-22-30-55)72(92)78-59(40-49(3)4)66(86)74(10)47-95-74/h11-30,48-51,56-63,75,93H,31-47H2,1-10H3,(H,76,84)(H,77,91)(H,78,92)(H,79,87)(H,80,88)(H,81,90)(H,82,89)/t56-,57-,58-,59?,60-,61?,62-,63-,73+,74+/m0/s1. The molecule has 21 heteroatoms. The molecule has 9 N–H and O–H groups in total. The van der Waals surface area contributed by atoms with Gasteiger partial charge < -0.3 is 57.1 Å². The molecule has 2 aliphatic heterocycles. The summed E-state index contributed by atoms with van der Waals surface area (Å²) >= 11 is 0. The average Bonchev–Trinajstić information content (AvgIpc) is 1.68. The second kappa shape index (κ2) is 37.6. The van der Waals surface area contributed by atoms with Crippen LogP contribution < -0.4 is 42.5 Å². The molecule has 2 aliphatic rings. The molecule has 95 heavy (non-hydrogen) atoms. The van der Waals surface area contributed by atoms with Crippen molar-refractivity contribution in [1.82, 2.24) is 47.4 Å². The van der Waals surface area contributed by atoms with E-state index >= 15 is 0 Å². The van der Waals surface area contributed by atoms with Gasteiger partial charge in [-0.1, -0.05) is 177 Å². The molecule has 21 nitrogen and oxygen atoms in total. The number of amides is 7. The largest absolute Gasteiger partial charge is 0.381 e. The van der Waals surface area contributed by atoms with Crippen molar-refractivity contribution in [3.63, 3.8) is 0 Å². The van der Waals surface area contributed by atoms with E-state index in [2.05, 4.69) is 42.5 Å². The van der Waals surface area contributed by atoms with Crippen LogP contribution in [-0.4, -0.2) is 168 Å². The predicted octanol–water partition coefficient (Wildman–Crippen LogP) is 5.28. The Morgan fingerprint density at radius 3 is 1.22 bits per heavy atom. The quantitative estimate of drug-likeness (QED) is 0.0256. The molecule has 0 aliphatic carbocycles. The van der Waals surface area contributed by atoms with Crippen LogP contribution >= 0.6 is 0 Å². The zero-order valence-corrected chi connectivity index (χ0v) is 57.4. The number of carbonyl (C=O) groups excluding carboxylic acids is 9. The third-order valence-corrected chi connectivity index (χ3v) is 17.1. The number of hydrogen-bond acceptors (Lipinski definition) is 14. The smallest absolute Gasteiger partial charge is 0.243 e. The summed E-state index contributed by atoms with van der Waals surface area (Å²) in [7, 11) is 0. The lowest BCUT2D eigenvalue weighted by molar-refractivity contribution is -0.141. The number of carbonyl (C=O) groups is 9. The van der Waals surface area contributed by atoms with E-state index in [9.17, 15) is 48.3 Å². The molecule has 10 atom stereocenters. The van der Waals surface area contributed by atoms with Crippen molar-refractivity contribution in [2.45, 2.75) is 193 Å². The first-order valence-electron chi connectivity index (χ1n) is 33.9. The molecule has 0 spiro atoms. The Morgan fingerprint density at radius 1 is 0.463 bits per heavy atom. The number of ketones is 2. The molecule has 0 radical (unpaired) electrons. The van der Waals surface area contributed by atoms with E-state index in [4.69, 9.17) is 9.47 Å². The molecule has 2 heterocycles. The second-order valence-corrected chi connectivity index (χ2v) is 27.8. The number of benzene rings is 4. The Kier molecular flexibility index (Phi) is 30.2. The van der Waals surface area contributed by atoms with Gasteiger partial charge in [0, 0.05) is 32.5 Å². The van der Waals surface area contributed by atoms with E-state index in [0.29, 0.717) is 51.1 Å². The Morgan fingerprint density at radius 2 is 0.800 bits per heavy atom. The highest BCUT2D eigenvalue weighted by atomic mass is 16.6. The molecule has 0 saturated carbocycles. The first-order valence-corrected chi connectivity index (χ1v) is 33.9. The van der Waals surface area contributed by atoms with Crippen LogP contribution in [0, 0.1) is 23.7 Å². The van der Waals surface area contributed by atoms with Crippen molar-refractivity contribution >= 4 is 52.9 Å². The van der Waals surface area contributed by atoms with Gasteiger partial charge in [-0.3, -0.25) is 48.1 Å². The minimum absolute atomic E-state index is 0.0113. The molecule has 7 amide bonds. The highest BCUT2D eigenvalue weighted by molar-refractivity contribution is 6.00. The van der Waals surface area contributed by atoms with Crippen LogP contribution in [0.25, 0.3) is 0 Å². The number of morpholine rings is 1. The summed E-state index contributed by atoms with van der Waals surface area (Å²) in [5.74, 6) is -5.50. The number of hydrogen-bond donors (Lipinski definition) is 9. The van der Waals surface area contributed by atoms with E-state index in [1.54, 1.807) is 31.2 Å². The molecule has 6 rings (SSSR count). The fraction of sp³-hybridized carbons (Fsp3) is 0.554. The number of aliphatic hydroxyl groups is 1. The number of Topliss-reactive ketones (excluding diaryl/α,β-unsaturated/α-hetero) is 2. The third-order valence-electron chi connectivity index (χ3n) is 17.1. The minimum atomic E-state index is -2.22. The molecule has 2 fully saturated rings. The van der Waals surface area contributed by atoms with Gasteiger partial charge in [0.2, 0.25) is 41.4 Å². The SMILES string of the molecule is CC(C)CC(NC(=O)[C@H](CCc1ccccc1)NC(=O)CN1CCOCC1)C(=O)N[C@@H](Cc1ccccc1)C(=O)N[C@@H](CC(C)C)C(=O)[C@](C)(O)CN[C@@H](CCc1ccccc1)C(=O)N[C@@H](CC(C)C)C(=O)N[C@@H](Cc1ccccc1)C(=O)NC(CC(C)C)C(=O)[C@@]1(C)CO1. The summed E-state index contributed by atoms with van der Waals surface area (Å²) in [4.78, 5) is 132. The van der Waals surface area contributed by atoms with Crippen LogP contribution in [0.2, 0.25) is 0 Å². The normalized spacial score (nSPS) is 18.0. The van der Waals surface area contributed by atoms with Crippen LogP contribution in [0.15, 0.2) is 121 Å². The van der Waals surface area contributed by atoms with Crippen LogP contribution in [0.4, 0.5) is 0 Å². The lowest BCUT2D eigenvalue weighted by atomic mass is 9.89. The Hall–Kier alpha value is -7.69. The number of rotatable bonds is 40. The Labute approximate surface area is 561 Å². The van der Waals surface area contributed by atoms with Gasteiger partial charge in [-0.05, 0) is 111 Å². The van der Waals surface area contributed by atoms with Crippen molar-refractivity contribution in [3.05, 3.63) is 144 Å². The van der Waals surface area contributed by atoms with Crippen LogP contribution in [-0.2, 0) is 78.3 Å². The van der Waals surface area contributed by atoms with Gasteiger partial charge in [-0.25, -0.2) is 0 Å². The summed E-state index contributed by atoms with van der Waals surface area (Å²) in [6.45, 7) is 20.2. The van der Waals surface area contributed by atoms with Crippen molar-refractivity contribution in [1.29, 1.82) is 0 Å². The summed E-state index contributed by atoms with van der Waals surface area (Å²) in [6, 6.07) is 28.1. The molecule has 4 aromatic carbocycles. The maximum Gasteiger partial charge on any atom is 0.243 e. The molecule has 4 aromatic rings. The Bertz CT molecular complexity index is 3100. The van der Waals surface area contributed by atoms with E-state index in [-0.39, 0.29) is 93.5 Å². The highest BCUT2D eigenvalue weighted by Gasteiger charge is 2.50. The summed E-state index contributed by atoms with van der Waals surface area (Å²) < 4.78 is 10.9. The lowest BCUT2D eigenvalue weighted by Crippen LogP contribution is -2.61. The van der Waals surface area contributed by atoms with Crippen molar-refractivity contribution < 1.29 is 57.7 Å². The molecular weight excluding hydrogens is 1210 g/mol. The fourth-order valence-corrected chi connectivity index (χ4v) is 11.7. The maximum atomic E-state index is 14.9. The summed E-state index contributed by atoms with van der Waals surface area (Å²) in [5, 5.41) is 35.9. The van der Waals surface area contributed by atoms with Gasteiger partial charge in [-0.2, -0.15) is 0 Å². The molecule has 2 unspecified atom stereocenters. The topological polar surface area (TPSA) is 295 Å². The monoisotopic (exact) mass is 1310 g/mol. The van der Waals surface area contributed by atoms with Gasteiger partial charge in [0.15, 0.2) is 11.6 Å². The number of nitrogens with zero attached hydrogens (tertiary/aromatic N) is 1. The molecule has 0 bridgehead atoms. The lowest BCUT2D eigenvalue weighted by Gasteiger charge is -2.32. The number of nitrogens with one attached hydrogen (secondary N) is 8. The van der Waals surface area contributed by atoms with Crippen LogP contribution in [0.3, 0.4) is 0 Å². The van der Waals surface area contributed by atoms with Crippen molar-refractivity contribution in [2.75, 3.05) is 46.0 Å². The second-order valence-electron chi connectivity index (χ2n) is 27.8. The number of ether oxygens (including phenoxy) is 2. The van der Waals surface area contributed by atoms with Crippen LogP contribution in [0.5, 0.6) is 0 Å². The minimum Gasteiger partial charge on any atom is -0.381 e. The van der Waals surface area contributed by atoms with E-state index in [1.807, 2.05) is 157 Å². The van der Waals surface area contributed by atoms with Gasteiger partial charge in [0.05, 0.1) is 44.5 Å². The third kappa shape index (κ3) is 26.1. The predicted molar refractivity (Wildman–Crippen MR) is 365 cm³/mol. The summed E-state index contributed by atoms with van der Waals surface area (Å²) in [5.41, 5.74) is 0.0713. The first kappa shape index (κ1) is 76.3. The van der Waals surface area contributed by atoms with Crippen LogP contribution in [0.1, 0.15) is 130 Å². The van der Waals surface area contributed by atoms with Gasteiger partial charge in [0.1, 0.15) is 41.4 Å². The summed E-state index contributed by atoms with van der Waals surface area (Å²) in [6.07, 6.45) is 2.09. The van der Waals surface area contributed by atoms with Gasteiger partial charge >= 0.3 is 0 Å². The van der Waals surface area contributed by atoms with E-state index in [0.717, 1.165) is 16.7 Å². The molecule has 518 valence electrons. The van der Waals surface area contributed by atoms with E-state index < -0.39 is 107 Å². The highest BCUT2D eigenvalue weighted by Crippen LogP contribution is 2.30.